The Kier molecular flexibility index (Phi) is 8.72. The third kappa shape index (κ3) is 6.49. The predicted octanol–water partition coefficient (Wildman–Crippen LogP) is 4.67. The summed E-state index contributed by atoms with van der Waals surface area (Å²) in [7, 11) is 0. The molecule has 2 unspecified atom stereocenters. The van der Waals surface area contributed by atoms with E-state index in [1.165, 1.54) is 4.90 Å². The normalized spacial score (nSPS) is 12.7. The van der Waals surface area contributed by atoms with Crippen LogP contribution in [0.15, 0.2) is 42.5 Å². The molecule has 0 aliphatic heterocycles. The second-order valence-electron chi connectivity index (χ2n) is 7.66. The van der Waals surface area contributed by atoms with Gasteiger partial charge in [-0.3, -0.25) is 9.59 Å². The molecule has 0 spiro atoms. The van der Waals surface area contributed by atoms with Crippen molar-refractivity contribution < 1.29 is 14.3 Å². The molecule has 2 atom stereocenters. The van der Waals surface area contributed by atoms with Crippen LogP contribution in [0.4, 0.5) is 0 Å². The van der Waals surface area contributed by atoms with E-state index in [1.54, 1.807) is 13.0 Å². The van der Waals surface area contributed by atoms with Crippen LogP contribution >= 0.6 is 11.6 Å². The number of halogens is 1. The second kappa shape index (κ2) is 11.0. The zero-order chi connectivity index (χ0) is 22.3. The summed E-state index contributed by atoms with van der Waals surface area (Å²) in [4.78, 5) is 27.3. The Hall–Kier alpha value is -2.53. The number of nitrogens with zero attached hydrogens (tertiary/aromatic N) is 1. The molecule has 0 saturated heterocycles. The van der Waals surface area contributed by atoms with Gasteiger partial charge in [-0.05, 0) is 57.4 Å². The van der Waals surface area contributed by atoms with Gasteiger partial charge in [0.25, 0.3) is 5.91 Å². The number of nitrogens with one attached hydrogen (secondary N) is 1. The number of hydrogen-bond acceptors (Lipinski definition) is 3. The molecule has 162 valence electrons. The zero-order valence-corrected chi connectivity index (χ0v) is 19.1. The lowest BCUT2D eigenvalue weighted by Crippen LogP contribution is -2.50. The van der Waals surface area contributed by atoms with Crippen molar-refractivity contribution in [3.8, 4) is 5.75 Å². The number of ether oxygens (including phenoxy) is 1. The lowest BCUT2D eigenvalue weighted by molar-refractivity contribution is -0.142. The van der Waals surface area contributed by atoms with Gasteiger partial charge in [0.2, 0.25) is 5.91 Å². The Morgan fingerprint density at radius 2 is 1.83 bits per heavy atom. The number of carbonyl (C=O) groups excluding carboxylic acids is 2. The third-order valence-electron chi connectivity index (χ3n) is 5.15. The van der Waals surface area contributed by atoms with Crippen molar-refractivity contribution >= 4 is 23.4 Å². The first kappa shape index (κ1) is 23.7. The number of benzene rings is 2. The Labute approximate surface area is 184 Å². The number of rotatable bonds is 9. The van der Waals surface area contributed by atoms with Gasteiger partial charge in [-0.1, -0.05) is 54.4 Å². The predicted molar refractivity (Wildman–Crippen MR) is 121 cm³/mol. The Morgan fingerprint density at radius 3 is 2.47 bits per heavy atom. The van der Waals surface area contributed by atoms with Gasteiger partial charge in [-0.2, -0.15) is 0 Å². The van der Waals surface area contributed by atoms with Crippen molar-refractivity contribution in [2.45, 2.75) is 59.7 Å². The van der Waals surface area contributed by atoms with Crippen molar-refractivity contribution in [2.24, 2.45) is 0 Å². The molecule has 0 aliphatic carbocycles. The molecule has 0 fully saturated rings. The van der Waals surface area contributed by atoms with Gasteiger partial charge >= 0.3 is 0 Å². The summed E-state index contributed by atoms with van der Waals surface area (Å²) in [5, 5.41) is 3.50. The van der Waals surface area contributed by atoms with Crippen molar-refractivity contribution in [2.75, 3.05) is 6.61 Å². The van der Waals surface area contributed by atoms with Crippen molar-refractivity contribution in [3.05, 3.63) is 64.2 Å². The molecule has 6 heteroatoms. The minimum atomic E-state index is -0.662. The first-order valence-corrected chi connectivity index (χ1v) is 10.6. The molecule has 0 aromatic heterocycles. The van der Waals surface area contributed by atoms with Gasteiger partial charge < -0.3 is 15.0 Å². The van der Waals surface area contributed by atoms with Gasteiger partial charge in [0.1, 0.15) is 11.8 Å². The number of aryl methyl sites for hydroxylation is 2. The SMILES string of the molecule is CCC(C)NC(=O)C(C)N(Cc1ccccc1Cl)C(=O)COc1ccc(C)cc1C. The molecule has 2 aromatic rings. The molecule has 2 amide bonds. The van der Waals surface area contributed by atoms with E-state index in [2.05, 4.69) is 5.32 Å². The van der Waals surface area contributed by atoms with Crippen LogP contribution in [0.3, 0.4) is 0 Å². The minimum Gasteiger partial charge on any atom is -0.483 e. The first-order valence-electron chi connectivity index (χ1n) is 10.3. The summed E-state index contributed by atoms with van der Waals surface area (Å²) in [5.74, 6) is 0.182. The zero-order valence-electron chi connectivity index (χ0n) is 18.4. The Morgan fingerprint density at radius 1 is 1.13 bits per heavy atom. The van der Waals surface area contributed by atoms with Gasteiger partial charge in [0, 0.05) is 17.6 Å². The summed E-state index contributed by atoms with van der Waals surface area (Å²) in [5.41, 5.74) is 2.87. The van der Waals surface area contributed by atoms with Gasteiger partial charge in [0.05, 0.1) is 0 Å². The summed E-state index contributed by atoms with van der Waals surface area (Å²) >= 11 is 6.30. The van der Waals surface area contributed by atoms with E-state index < -0.39 is 6.04 Å². The molecule has 1 N–H and O–H groups in total. The topological polar surface area (TPSA) is 58.6 Å². The molecular formula is C24H31ClN2O3. The van der Waals surface area contributed by atoms with Crippen LogP contribution in [0.25, 0.3) is 0 Å². The maximum atomic E-state index is 13.1. The highest BCUT2D eigenvalue weighted by Crippen LogP contribution is 2.21. The average molecular weight is 431 g/mol. The van der Waals surface area contributed by atoms with Gasteiger partial charge in [-0.25, -0.2) is 0 Å². The largest absolute Gasteiger partial charge is 0.483 e. The average Bonchev–Trinajstić information content (AvgIpc) is 2.71. The van der Waals surface area contributed by atoms with Crippen molar-refractivity contribution in [1.29, 1.82) is 0 Å². The van der Waals surface area contributed by atoms with E-state index in [0.717, 1.165) is 23.1 Å². The fourth-order valence-electron chi connectivity index (χ4n) is 3.04. The smallest absolute Gasteiger partial charge is 0.261 e. The summed E-state index contributed by atoms with van der Waals surface area (Å²) < 4.78 is 5.78. The molecule has 2 rings (SSSR count). The van der Waals surface area contributed by atoms with E-state index in [4.69, 9.17) is 16.3 Å². The summed E-state index contributed by atoms with van der Waals surface area (Å²) in [6, 6.07) is 12.5. The third-order valence-corrected chi connectivity index (χ3v) is 5.52. The van der Waals surface area contributed by atoms with Crippen molar-refractivity contribution in [1.82, 2.24) is 10.2 Å². The van der Waals surface area contributed by atoms with E-state index in [9.17, 15) is 9.59 Å². The fraction of sp³-hybridized carbons (Fsp3) is 0.417. The molecule has 0 saturated carbocycles. The van der Waals surface area contributed by atoms with E-state index >= 15 is 0 Å². The maximum Gasteiger partial charge on any atom is 0.261 e. The highest BCUT2D eigenvalue weighted by atomic mass is 35.5. The first-order chi connectivity index (χ1) is 14.2. The molecule has 0 heterocycles. The monoisotopic (exact) mass is 430 g/mol. The van der Waals surface area contributed by atoms with Crippen LogP contribution in [0.1, 0.15) is 43.9 Å². The van der Waals surface area contributed by atoms with Crippen LogP contribution in [0, 0.1) is 13.8 Å². The Balaban J connectivity index is 2.19. The molecule has 30 heavy (non-hydrogen) atoms. The molecule has 2 aromatic carbocycles. The lowest BCUT2D eigenvalue weighted by atomic mass is 10.1. The van der Waals surface area contributed by atoms with Gasteiger partial charge in [-0.15, -0.1) is 0 Å². The molecular weight excluding hydrogens is 400 g/mol. The number of carbonyl (C=O) groups is 2. The van der Waals surface area contributed by atoms with Crippen LogP contribution in [-0.2, 0) is 16.1 Å². The quantitative estimate of drug-likeness (QED) is 0.629. The second-order valence-corrected chi connectivity index (χ2v) is 8.07. The molecule has 0 radical (unpaired) electrons. The number of hydrogen-bond donors (Lipinski definition) is 1. The fourth-order valence-corrected chi connectivity index (χ4v) is 3.24. The lowest BCUT2D eigenvalue weighted by Gasteiger charge is -2.30. The highest BCUT2D eigenvalue weighted by Gasteiger charge is 2.27. The Bertz CT molecular complexity index is 885. The van der Waals surface area contributed by atoms with E-state index in [1.807, 2.05) is 64.1 Å². The molecule has 5 nitrogen and oxygen atoms in total. The highest BCUT2D eigenvalue weighted by molar-refractivity contribution is 6.31. The van der Waals surface area contributed by atoms with Crippen molar-refractivity contribution in [3.63, 3.8) is 0 Å². The standard InChI is InChI=1S/C24H31ClN2O3/c1-6-18(4)26-24(29)19(5)27(14-20-9-7-8-10-21(20)25)23(28)15-30-22-12-11-16(2)13-17(22)3/h7-13,18-19H,6,14-15H2,1-5H3,(H,26,29). The van der Waals surface area contributed by atoms with Crippen LogP contribution in [0.5, 0.6) is 5.75 Å². The van der Waals surface area contributed by atoms with E-state index in [-0.39, 0.29) is 31.0 Å². The van der Waals surface area contributed by atoms with Gasteiger partial charge in [0.15, 0.2) is 6.61 Å². The minimum absolute atomic E-state index is 0.0312. The van der Waals surface area contributed by atoms with Crippen LogP contribution in [0.2, 0.25) is 5.02 Å². The van der Waals surface area contributed by atoms with Crippen LogP contribution in [-0.4, -0.2) is 35.4 Å². The molecule has 0 bridgehead atoms. The maximum absolute atomic E-state index is 13.1. The summed E-state index contributed by atoms with van der Waals surface area (Å²) in [6.07, 6.45) is 0.812. The summed E-state index contributed by atoms with van der Waals surface area (Å²) in [6.45, 7) is 9.68. The number of amides is 2. The van der Waals surface area contributed by atoms with E-state index in [0.29, 0.717) is 10.8 Å². The van der Waals surface area contributed by atoms with Crippen LogP contribution < -0.4 is 10.1 Å². The molecule has 0 aliphatic rings.